The van der Waals surface area contributed by atoms with Crippen molar-refractivity contribution in [3.05, 3.63) is 24.2 Å². The maximum absolute atomic E-state index is 5.50. The molecule has 1 N–H and O–H groups in total. The topological polar surface area (TPSA) is 25.2 Å². The van der Waals surface area contributed by atoms with Crippen LogP contribution in [0.25, 0.3) is 0 Å². The molecule has 0 bridgehead atoms. The quantitative estimate of drug-likeness (QED) is 0.843. The van der Waals surface area contributed by atoms with Crippen LogP contribution in [0.4, 0.5) is 0 Å². The Morgan fingerprint density at radius 2 is 2.24 bits per heavy atom. The van der Waals surface area contributed by atoms with Gasteiger partial charge in [-0.15, -0.1) is 0 Å². The smallest absolute Gasteiger partial charge is 0.104 e. The Balaban J connectivity index is 1.97. The summed E-state index contributed by atoms with van der Waals surface area (Å²) in [6.07, 6.45) is 8.29. The Hall–Kier alpha value is -0.760. The minimum atomic E-state index is 0.688. The second-order valence-corrected chi connectivity index (χ2v) is 5.30. The molecule has 2 rings (SSSR count). The predicted molar refractivity (Wildman–Crippen MR) is 71.0 cm³/mol. The lowest BCUT2D eigenvalue weighted by Gasteiger charge is -2.36. The Bertz CT molecular complexity index is 307. The SMILES string of the molecule is CCNC1CCC(CC)CC1Cc1ccco1. The molecule has 1 heterocycles. The largest absolute Gasteiger partial charge is 0.469 e. The molecule has 1 saturated carbocycles. The maximum atomic E-state index is 5.50. The molecule has 0 saturated heterocycles. The summed E-state index contributed by atoms with van der Waals surface area (Å²) >= 11 is 0. The van der Waals surface area contributed by atoms with E-state index in [1.165, 1.54) is 25.7 Å². The van der Waals surface area contributed by atoms with Crippen LogP contribution in [-0.2, 0) is 6.42 Å². The van der Waals surface area contributed by atoms with Gasteiger partial charge in [-0.2, -0.15) is 0 Å². The van der Waals surface area contributed by atoms with Gasteiger partial charge >= 0.3 is 0 Å². The Morgan fingerprint density at radius 1 is 1.35 bits per heavy atom. The van der Waals surface area contributed by atoms with Gasteiger partial charge < -0.3 is 9.73 Å². The first-order valence-electron chi connectivity index (χ1n) is 7.09. The second kappa shape index (κ2) is 6.25. The highest BCUT2D eigenvalue weighted by molar-refractivity contribution is 5.01. The van der Waals surface area contributed by atoms with E-state index in [0.29, 0.717) is 6.04 Å². The Morgan fingerprint density at radius 3 is 2.88 bits per heavy atom. The molecule has 0 aliphatic heterocycles. The molecule has 2 heteroatoms. The lowest BCUT2D eigenvalue weighted by Crippen LogP contribution is -2.41. The lowest BCUT2D eigenvalue weighted by atomic mass is 9.75. The highest BCUT2D eigenvalue weighted by Gasteiger charge is 2.29. The van der Waals surface area contributed by atoms with Crippen molar-refractivity contribution in [2.24, 2.45) is 11.8 Å². The highest BCUT2D eigenvalue weighted by atomic mass is 16.3. The molecule has 2 nitrogen and oxygen atoms in total. The third-order valence-corrected chi connectivity index (χ3v) is 4.18. The molecule has 0 spiro atoms. The molecule has 1 aromatic heterocycles. The van der Waals surface area contributed by atoms with Crippen molar-refractivity contribution in [3.63, 3.8) is 0 Å². The third kappa shape index (κ3) is 3.35. The van der Waals surface area contributed by atoms with E-state index in [2.05, 4.69) is 25.2 Å². The summed E-state index contributed by atoms with van der Waals surface area (Å²) in [6, 6.07) is 4.80. The van der Waals surface area contributed by atoms with Gasteiger partial charge in [-0.1, -0.05) is 20.3 Å². The van der Waals surface area contributed by atoms with E-state index in [4.69, 9.17) is 4.42 Å². The van der Waals surface area contributed by atoms with Crippen molar-refractivity contribution in [3.8, 4) is 0 Å². The van der Waals surface area contributed by atoms with Gasteiger partial charge in [0, 0.05) is 12.5 Å². The first-order valence-corrected chi connectivity index (χ1v) is 7.09. The standard InChI is InChI=1S/C15H25NO/c1-3-12-7-8-15(16-4-2)13(10-12)11-14-6-5-9-17-14/h5-6,9,12-13,15-16H,3-4,7-8,10-11H2,1-2H3. The van der Waals surface area contributed by atoms with Gasteiger partial charge in [0.1, 0.15) is 5.76 Å². The minimum Gasteiger partial charge on any atom is -0.469 e. The molecule has 3 atom stereocenters. The first-order chi connectivity index (χ1) is 8.33. The van der Waals surface area contributed by atoms with Crippen molar-refractivity contribution < 1.29 is 4.42 Å². The molecule has 0 radical (unpaired) electrons. The summed E-state index contributed by atoms with van der Waals surface area (Å²) in [6.45, 7) is 5.61. The molecule has 96 valence electrons. The summed E-state index contributed by atoms with van der Waals surface area (Å²) in [4.78, 5) is 0. The normalized spacial score (nSPS) is 29.4. The predicted octanol–water partition coefficient (Wildman–Crippen LogP) is 3.63. The summed E-state index contributed by atoms with van der Waals surface area (Å²) in [5.74, 6) is 2.82. The average Bonchev–Trinajstić information content (AvgIpc) is 2.84. The molecule has 3 unspecified atom stereocenters. The van der Waals surface area contributed by atoms with Crippen LogP contribution < -0.4 is 5.32 Å². The van der Waals surface area contributed by atoms with Crippen LogP contribution >= 0.6 is 0 Å². The van der Waals surface area contributed by atoms with Crippen LogP contribution in [0.15, 0.2) is 22.8 Å². The van der Waals surface area contributed by atoms with Crippen LogP contribution in [-0.4, -0.2) is 12.6 Å². The van der Waals surface area contributed by atoms with E-state index < -0.39 is 0 Å². The zero-order chi connectivity index (χ0) is 12.1. The van der Waals surface area contributed by atoms with Crippen LogP contribution in [0.3, 0.4) is 0 Å². The van der Waals surface area contributed by atoms with E-state index in [1.54, 1.807) is 6.26 Å². The average molecular weight is 235 g/mol. The number of rotatable bonds is 5. The van der Waals surface area contributed by atoms with Crippen LogP contribution in [0.1, 0.15) is 45.3 Å². The third-order valence-electron chi connectivity index (χ3n) is 4.18. The van der Waals surface area contributed by atoms with Crippen molar-refractivity contribution in [1.82, 2.24) is 5.32 Å². The Kier molecular flexibility index (Phi) is 4.66. The van der Waals surface area contributed by atoms with Crippen LogP contribution in [0.5, 0.6) is 0 Å². The summed E-state index contributed by atoms with van der Waals surface area (Å²) in [5, 5.41) is 3.65. The molecule has 1 aliphatic carbocycles. The summed E-state index contributed by atoms with van der Waals surface area (Å²) in [5.41, 5.74) is 0. The van der Waals surface area contributed by atoms with E-state index in [1.807, 2.05) is 6.07 Å². The molecule has 0 aromatic carbocycles. The van der Waals surface area contributed by atoms with E-state index in [9.17, 15) is 0 Å². The molecule has 1 aromatic rings. The zero-order valence-corrected chi connectivity index (χ0v) is 11.1. The monoisotopic (exact) mass is 235 g/mol. The van der Waals surface area contributed by atoms with Crippen molar-refractivity contribution in [1.29, 1.82) is 0 Å². The van der Waals surface area contributed by atoms with Gasteiger partial charge in [0.05, 0.1) is 6.26 Å². The van der Waals surface area contributed by atoms with Crippen LogP contribution in [0, 0.1) is 11.8 Å². The second-order valence-electron chi connectivity index (χ2n) is 5.30. The van der Waals surface area contributed by atoms with Gasteiger partial charge in [0.25, 0.3) is 0 Å². The lowest BCUT2D eigenvalue weighted by molar-refractivity contribution is 0.193. The van der Waals surface area contributed by atoms with Crippen LogP contribution in [0.2, 0.25) is 0 Å². The number of hydrogen-bond donors (Lipinski definition) is 1. The van der Waals surface area contributed by atoms with Gasteiger partial charge in [0.15, 0.2) is 0 Å². The number of hydrogen-bond acceptors (Lipinski definition) is 2. The molecule has 0 amide bonds. The van der Waals surface area contributed by atoms with Crippen molar-refractivity contribution in [2.75, 3.05) is 6.54 Å². The van der Waals surface area contributed by atoms with Gasteiger partial charge in [-0.25, -0.2) is 0 Å². The summed E-state index contributed by atoms with van der Waals surface area (Å²) in [7, 11) is 0. The van der Waals surface area contributed by atoms with Gasteiger partial charge in [0.2, 0.25) is 0 Å². The molecule has 1 aliphatic rings. The molecular weight excluding hydrogens is 210 g/mol. The minimum absolute atomic E-state index is 0.688. The number of furan rings is 1. The molecule has 1 fully saturated rings. The number of nitrogens with one attached hydrogen (secondary N) is 1. The fourth-order valence-corrected chi connectivity index (χ4v) is 3.18. The fourth-order valence-electron chi connectivity index (χ4n) is 3.18. The van der Waals surface area contributed by atoms with Gasteiger partial charge in [-0.05, 0) is 49.8 Å². The summed E-state index contributed by atoms with van der Waals surface area (Å²) < 4.78 is 5.50. The van der Waals surface area contributed by atoms with Gasteiger partial charge in [-0.3, -0.25) is 0 Å². The zero-order valence-electron chi connectivity index (χ0n) is 11.1. The van der Waals surface area contributed by atoms with Crippen molar-refractivity contribution in [2.45, 2.75) is 52.0 Å². The first kappa shape index (κ1) is 12.7. The van der Waals surface area contributed by atoms with E-state index in [0.717, 1.165) is 30.6 Å². The Labute approximate surface area is 105 Å². The van der Waals surface area contributed by atoms with E-state index in [-0.39, 0.29) is 0 Å². The van der Waals surface area contributed by atoms with E-state index >= 15 is 0 Å². The fraction of sp³-hybridized carbons (Fsp3) is 0.733. The molecule has 17 heavy (non-hydrogen) atoms. The molecular formula is C15H25NO. The highest BCUT2D eigenvalue weighted by Crippen LogP contribution is 2.33. The maximum Gasteiger partial charge on any atom is 0.104 e. The van der Waals surface area contributed by atoms with Crippen molar-refractivity contribution >= 4 is 0 Å².